The lowest BCUT2D eigenvalue weighted by Gasteiger charge is -1.95. The van der Waals surface area contributed by atoms with Crippen molar-refractivity contribution in [2.45, 2.75) is 0 Å². The van der Waals surface area contributed by atoms with E-state index in [1.165, 1.54) is 11.3 Å². The Kier molecular flexibility index (Phi) is 2.03. The van der Waals surface area contributed by atoms with E-state index in [0.29, 0.717) is 0 Å². The van der Waals surface area contributed by atoms with Gasteiger partial charge >= 0.3 is 0 Å². The minimum absolute atomic E-state index is 0.773. The molecule has 0 atom stereocenters. The second kappa shape index (κ2) is 3.39. The lowest BCUT2D eigenvalue weighted by atomic mass is 10.3. The Morgan fingerprint density at radius 1 is 1.20 bits per heavy atom. The molecule has 0 aliphatic heterocycles. The molecule has 3 rings (SSSR count). The molecule has 2 heterocycles. The first kappa shape index (κ1) is 8.99. The maximum atomic E-state index is 4.29. The van der Waals surface area contributed by atoms with Crippen LogP contribution in [0.2, 0.25) is 0 Å². The standard InChI is InChI=1S/C9H5BrN4S/c10-8-12-13-9(15-8)14-5-11-6-3-1-2-4-7(6)14/h1-5H. The van der Waals surface area contributed by atoms with Crippen LogP contribution in [0.25, 0.3) is 16.2 Å². The molecule has 0 saturated heterocycles. The third kappa shape index (κ3) is 1.46. The predicted molar refractivity (Wildman–Crippen MR) is 62.2 cm³/mol. The summed E-state index contributed by atoms with van der Waals surface area (Å²) in [7, 11) is 0. The van der Waals surface area contributed by atoms with Crippen LogP contribution in [0.1, 0.15) is 0 Å². The van der Waals surface area contributed by atoms with Gasteiger partial charge in [0.15, 0.2) is 3.92 Å². The van der Waals surface area contributed by atoms with Gasteiger partial charge in [-0.1, -0.05) is 23.5 Å². The van der Waals surface area contributed by atoms with Gasteiger partial charge in [-0.2, -0.15) is 0 Å². The zero-order valence-corrected chi connectivity index (χ0v) is 9.86. The number of hydrogen-bond acceptors (Lipinski definition) is 4. The molecule has 0 aliphatic rings. The third-order valence-electron chi connectivity index (χ3n) is 2.05. The number of aromatic nitrogens is 4. The first-order chi connectivity index (χ1) is 7.34. The van der Waals surface area contributed by atoms with E-state index in [-0.39, 0.29) is 0 Å². The highest BCUT2D eigenvalue weighted by Gasteiger charge is 2.07. The van der Waals surface area contributed by atoms with E-state index < -0.39 is 0 Å². The predicted octanol–water partition coefficient (Wildman–Crippen LogP) is 2.64. The average molecular weight is 281 g/mol. The molecule has 0 bridgehead atoms. The van der Waals surface area contributed by atoms with E-state index in [1.54, 1.807) is 6.33 Å². The van der Waals surface area contributed by atoms with Crippen molar-refractivity contribution in [3.05, 3.63) is 34.5 Å². The van der Waals surface area contributed by atoms with Crippen molar-refractivity contribution in [3.8, 4) is 5.13 Å². The number of hydrogen-bond donors (Lipinski definition) is 0. The summed E-state index contributed by atoms with van der Waals surface area (Å²) in [6.07, 6.45) is 1.76. The fourth-order valence-corrected chi connectivity index (χ4v) is 2.48. The van der Waals surface area contributed by atoms with Crippen LogP contribution in [0.4, 0.5) is 0 Å². The molecule has 0 radical (unpaired) electrons. The van der Waals surface area contributed by atoms with Crippen LogP contribution < -0.4 is 0 Å². The summed E-state index contributed by atoms with van der Waals surface area (Å²) in [5.74, 6) is 0. The fraction of sp³-hybridized carbons (Fsp3) is 0. The number of imidazole rings is 1. The van der Waals surface area contributed by atoms with Crippen LogP contribution in [0.5, 0.6) is 0 Å². The molecular formula is C9H5BrN4S. The molecule has 74 valence electrons. The van der Waals surface area contributed by atoms with Gasteiger partial charge < -0.3 is 0 Å². The van der Waals surface area contributed by atoms with E-state index in [9.17, 15) is 0 Å². The van der Waals surface area contributed by atoms with Crippen molar-refractivity contribution in [1.82, 2.24) is 19.7 Å². The Bertz CT molecular complexity index is 615. The van der Waals surface area contributed by atoms with Gasteiger partial charge in [0.05, 0.1) is 11.0 Å². The Morgan fingerprint density at radius 3 is 2.87 bits per heavy atom. The largest absolute Gasteiger partial charge is 0.273 e. The van der Waals surface area contributed by atoms with Crippen molar-refractivity contribution in [1.29, 1.82) is 0 Å². The van der Waals surface area contributed by atoms with Gasteiger partial charge in [0, 0.05) is 0 Å². The lowest BCUT2D eigenvalue weighted by Crippen LogP contribution is -1.90. The minimum atomic E-state index is 0.773. The zero-order valence-electron chi connectivity index (χ0n) is 7.46. The van der Waals surface area contributed by atoms with Gasteiger partial charge in [0.25, 0.3) is 0 Å². The highest BCUT2D eigenvalue weighted by molar-refractivity contribution is 9.11. The fourth-order valence-electron chi connectivity index (χ4n) is 1.41. The summed E-state index contributed by atoms with van der Waals surface area (Å²) in [5.41, 5.74) is 2.00. The normalized spacial score (nSPS) is 11.0. The highest BCUT2D eigenvalue weighted by Crippen LogP contribution is 2.23. The molecule has 0 amide bonds. The lowest BCUT2D eigenvalue weighted by molar-refractivity contribution is 0.976. The summed E-state index contributed by atoms with van der Waals surface area (Å²) in [6, 6.07) is 7.94. The molecule has 0 N–H and O–H groups in total. The van der Waals surface area contributed by atoms with E-state index in [4.69, 9.17) is 0 Å². The third-order valence-corrected chi connectivity index (χ3v) is 3.40. The molecule has 0 spiro atoms. The Labute approximate surface area is 97.7 Å². The van der Waals surface area contributed by atoms with Gasteiger partial charge in [0.2, 0.25) is 5.13 Å². The van der Waals surface area contributed by atoms with Crippen LogP contribution in [0.15, 0.2) is 34.5 Å². The smallest absolute Gasteiger partial charge is 0.218 e. The van der Waals surface area contributed by atoms with Gasteiger partial charge in [-0.05, 0) is 28.1 Å². The van der Waals surface area contributed by atoms with Crippen LogP contribution in [0.3, 0.4) is 0 Å². The summed E-state index contributed by atoms with van der Waals surface area (Å²) < 4.78 is 2.70. The Hall–Kier alpha value is -1.27. The molecule has 15 heavy (non-hydrogen) atoms. The number of benzene rings is 1. The zero-order chi connectivity index (χ0) is 10.3. The molecule has 2 aromatic heterocycles. The Morgan fingerprint density at radius 2 is 2.07 bits per heavy atom. The van der Waals surface area contributed by atoms with Gasteiger partial charge in [-0.3, -0.25) is 4.57 Å². The number of fused-ring (bicyclic) bond motifs is 1. The van der Waals surface area contributed by atoms with Gasteiger partial charge in [-0.15, -0.1) is 10.2 Å². The first-order valence-corrected chi connectivity index (χ1v) is 5.87. The summed E-state index contributed by atoms with van der Waals surface area (Å²) in [4.78, 5) is 4.29. The van der Waals surface area contributed by atoms with E-state index >= 15 is 0 Å². The highest BCUT2D eigenvalue weighted by atomic mass is 79.9. The number of para-hydroxylation sites is 2. The van der Waals surface area contributed by atoms with Crippen molar-refractivity contribution < 1.29 is 0 Å². The number of rotatable bonds is 1. The molecule has 6 heteroatoms. The monoisotopic (exact) mass is 280 g/mol. The van der Waals surface area contributed by atoms with Crippen LogP contribution in [-0.4, -0.2) is 19.7 Å². The van der Waals surface area contributed by atoms with Crippen molar-refractivity contribution >= 4 is 38.3 Å². The molecule has 0 unspecified atom stereocenters. The van der Waals surface area contributed by atoms with Crippen LogP contribution >= 0.6 is 27.3 Å². The van der Waals surface area contributed by atoms with Crippen molar-refractivity contribution in [2.24, 2.45) is 0 Å². The summed E-state index contributed by atoms with van der Waals surface area (Å²) in [5, 5.41) is 8.78. The molecule has 0 saturated carbocycles. The second-order valence-corrected chi connectivity index (χ2v) is 5.17. The van der Waals surface area contributed by atoms with E-state index in [2.05, 4.69) is 31.1 Å². The SMILES string of the molecule is Brc1nnc(-n2cnc3ccccc32)s1. The maximum Gasteiger partial charge on any atom is 0.218 e. The number of nitrogens with zero attached hydrogens (tertiary/aromatic N) is 4. The van der Waals surface area contributed by atoms with Crippen LogP contribution in [-0.2, 0) is 0 Å². The minimum Gasteiger partial charge on any atom is -0.273 e. The van der Waals surface area contributed by atoms with Gasteiger partial charge in [0.1, 0.15) is 6.33 Å². The quantitative estimate of drug-likeness (QED) is 0.688. The van der Waals surface area contributed by atoms with Crippen LogP contribution in [0, 0.1) is 0 Å². The van der Waals surface area contributed by atoms with Crippen molar-refractivity contribution in [2.75, 3.05) is 0 Å². The molecule has 4 nitrogen and oxygen atoms in total. The molecule has 0 aliphatic carbocycles. The summed E-state index contributed by atoms with van der Waals surface area (Å²) >= 11 is 4.77. The molecule has 3 aromatic rings. The van der Waals surface area contributed by atoms with E-state index in [0.717, 1.165) is 20.1 Å². The van der Waals surface area contributed by atoms with Gasteiger partial charge in [-0.25, -0.2) is 4.98 Å². The summed E-state index contributed by atoms with van der Waals surface area (Å²) in [6.45, 7) is 0. The van der Waals surface area contributed by atoms with E-state index in [1.807, 2.05) is 28.8 Å². The topological polar surface area (TPSA) is 43.6 Å². The molecule has 1 aromatic carbocycles. The first-order valence-electron chi connectivity index (χ1n) is 4.26. The molecule has 0 fully saturated rings. The van der Waals surface area contributed by atoms with Crippen molar-refractivity contribution in [3.63, 3.8) is 0 Å². The Balaban J connectivity index is 2.27. The maximum absolute atomic E-state index is 4.29. The molecular weight excluding hydrogens is 276 g/mol. The average Bonchev–Trinajstić information content (AvgIpc) is 2.83. The second-order valence-electron chi connectivity index (χ2n) is 2.94. The number of halogens is 1.